The third kappa shape index (κ3) is 6.35. The van der Waals surface area contributed by atoms with Crippen molar-refractivity contribution in [3.8, 4) is 0 Å². The predicted molar refractivity (Wildman–Crippen MR) is 124 cm³/mol. The molecule has 0 saturated heterocycles. The summed E-state index contributed by atoms with van der Waals surface area (Å²) in [5, 5.41) is 8.63. The van der Waals surface area contributed by atoms with E-state index in [1.807, 2.05) is 12.1 Å². The molecular formula is C21H16ClF3N4OS2. The Morgan fingerprint density at radius 2 is 1.78 bits per heavy atom. The number of hydrogen-bond donors (Lipinski definition) is 3. The summed E-state index contributed by atoms with van der Waals surface area (Å²) in [6, 6.07) is 14.1. The first-order chi connectivity index (χ1) is 15.2. The van der Waals surface area contributed by atoms with E-state index < -0.39 is 11.7 Å². The first kappa shape index (κ1) is 23.8. The van der Waals surface area contributed by atoms with E-state index in [4.69, 9.17) is 23.8 Å². The summed E-state index contributed by atoms with van der Waals surface area (Å²) in [6.07, 6.45) is -3.08. The highest BCUT2D eigenvalue weighted by Gasteiger charge is 2.33. The van der Waals surface area contributed by atoms with E-state index in [0.717, 1.165) is 17.0 Å². The molecule has 1 aromatic heterocycles. The minimum absolute atomic E-state index is 0.121. The quantitative estimate of drug-likeness (QED) is 0.372. The average Bonchev–Trinajstić information content (AvgIpc) is 2.74. The number of thiocarbonyl (C=S) groups is 1. The van der Waals surface area contributed by atoms with Gasteiger partial charge in [0, 0.05) is 29.5 Å². The molecule has 0 unspecified atom stereocenters. The van der Waals surface area contributed by atoms with Crippen LogP contribution in [0.15, 0.2) is 70.7 Å². The van der Waals surface area contributed by atoms with Crippen molar-refractivity contribution in [1.82, 2.24) is 10.3 Å². The van der Waals surface area contributed by atoms with Crippen molar-refractivity contribution in [2.24, 2.45) is 0 Å². The molecule has 0 aliphatic rings. The number of alkyl halides is 3. The first-order valence-corrected chi connectivity index (χ1v) is 10.7. The summed E-state index contributed by atoms with van der Waals surface area (Å²) in [5.41, 5.74) is 0.310. The van der Waals surface area contributed by atoms with Crippen LogP contribution in [0.3, 0.4) is 0 Å². The largest absolute Gasteiger partial charge is 0.417 e. The number of amides is 1. The molecule has 3 rings (SSSR count). The topological polar surface area (TPSA) is 66.1 Å². The number of carbonyl (C=O) groups excluding carboxylic acids is 1. The fourth-order valence-corrected chi connectivity index (χ4v) is 3.87. The highest BCUT2D eigenvalue weighted by molar-refractivity contribution is 7.99. The van der Waals surface area contributed by atoms with Gasteiger partial charge in [-0.05, 0) is 60.7 Å². The minimum Gasteiger partial charge on any atom is -0.355 e. The Hall–Kier alpha value is -2.82. The van der Waals surface area contributed by atoms with Crippen LogP contribution in [-0.4, -0.2) is 23.1 Å². The fourth-order valence-electron chi connectivity index (χ4n) is 2.59. The van der Waals surface area contributed by atoms with Gasteiger partial charge in [-0.2, -0.15) is 13.2 Å². The van der Waals surface area contributed by atoms with Crippen LogP contribution in [0.5, 0.6) is 0 Å². The number of halogens is 4. The van der Waals surface area contributed by atoms with Crippen LogP contribution in [0.2, 0.25) is 5.02 Å². The van der Waals surface area contributed by atoms with Gasteiger partial charge < -0.3 is 16.0 Å². The Kier molecular flexibility index (Phi) is 7.60. The minimum atomic E-state index is -4.57. The summed E-state index contributed by atoms with van der Waals surface area (Å²) in [7, 11) is 1.55. The number of nitrogens with zero attached hydrogens (tertiary/aromatic N) is 1. The molecule has 0 atom stereocenters. The second kappa shape index (κ2) is 10.2. The lowest BCUT2D eigenvalue weighted by Gasteiger charge is -2.14. The first-order valence-electron chi connectivity index (χ1n) is 9.06. The molecule has 32 heavy (non-hydrogen) atoms. The second-order valence-corrected chi connectivity index (χ2v) is 8.27. The number of nitrogens with one attached hydrogen (secondary N) is 3. The number of rotatable bonds is 5. The van der Waals surface area contributed by atoms with Crippen LogP contribution < -0.4 is 16.0 Å². The van der Waals surface area contributed by atoms with Crippen molar-refractivity contribution in [3.05, 3.63) is 76.9 Å². The van der Waals surface area contributed by atoms with Crippen molar-refractivity contribution in [3.63, 3.8) is 0 Å². The number of carbonyl (C=O) groups is 1. The Labute approximate surface area is 196 Å². The Morgan fingerprint density at radius 1 is 1.06 bits per heavy atom. The molecule has 0 aliphatic heterocycles. The van der Waals surface area contributed by atoms with E-state index in [-0.39, 0.29) is 21.7 Å². The summed E-state index contributed by atoms with van der Waals surface area (Å²) in [4.78, 5) is 16.7. The molecule has 11 heteroatoms. The van der Waals surface area contributed by atoms with Crippen LogP contribution in [0.1, 0.15) is 15.9 Å². The Bertz CT molecular complexity index is 1140. The van der Waals surface area contributed by atoms with E-state index in [0.29, 0.717) is 16.3 Å². The van der Waals surface area contributed by atoms with Gasteiger partial charge in [-0.25, -0.2) is 4.98 Å². The van der Waals surface area contributed by atoms with Gasteiger partial charge >= 0.3 is 6.18 Å². The monoisotopic (exact) mass is 496 g/mol. The van der Waals surface area contributed by atoms with Crippen LogP contribution >= 0.6 is 35.6 Å². The van der Waals surface area contributed by atoms with E-state index in [1.165, 1.54) is 24.0 Å². The van der Waals surface area contributed by atoms with Crippen molar-refractivity contribution in [2.75, 3.05) is 17.7 Å². The maximum Gasteiger partial charge on any atom is 0.417 e. The van der Waals surface area contributed by atoms with E-state index >= 15 is 0 Å². The molecule has 0 aliphatic carbocycles. The zero-order valence-electron chi connectivity index (χ0n) is 16.5. The van der Waals surface area contributed by atoms with Gasteiger partial charge in [0.1, 0.15) is 5.03 Å². The van der Waals surface area contributed by atoms with E-state index in [1.54, 1.807) is 31.3 Å². The number of benzene rings is 2. The van der Waals surface area contributed by atoms with Crippen LogP contribution in [0.25, 0.3) is 0 Å². The van der Waals surface area contributed by atoms with Gasteiger partial charge in [-0.15, -0.1) is 0 Å². The lowest BCUT2D eigenvalue weighted by molar-refractivity contribution is -0.137. The zero-order chi connectivity index (χ0) is 23.3. The second-order valence-electron chi connectivity index (χ2n) is 6.37. The predicted octanol–water partition coefficient (Wildman–Crippen LogP) is 6.07. The van der Waals surface area contributed by atoms with Crippen molar-refractivity contribution < 1.29 is 18.0 Å². The molecule has 0 bridgehead atoms. The summed E-state index contributed by atoms with van der Waals surface area (Å²) < 4.78 is 39.1. The Morgan fingerprint density at radius 3 is 2.41 bits per heavy atom. The standard InChI is InChI=1S/C21H16ClF3N4OS2/c1-26-19(30)12-5-8-18(27-11-12)32-15-4-2-3-13(9-15)28-20(31)29-14-6-7-17(22)16(10-14)21(23,24)25/h2-11H,1H3,(H,26,30)(H2,28,29,31). The smallest absolute Gasteiger partial charge is 0.355 e. The average molecular weight is 497 g/mol. The van der Waals surface area contributed by atoms with Gasteiger partial charge in [-0.3, -0.25) is 4.79 Å². The summed E-state index contributed by atoms with van der Waals surface area (Å²) in [5.74, 6) is -0.218. The number of anilines is 2. The van der Waals surface area contributed by atoms with Gasteiger partial charge in [0.15, 0.2) is 5.11 Å². The number of hydrogen-bond acceptors (Lipinski definition) is 4. The summed E-state index contributed by atoms with van der Waals surface area (Å²) >= 11 is 12.2. The fraction of sp³-hybridized carbons (Fsp3) is 0.0952. The molecule has 0 radical (unpaired) electrons. The number of aromatic nitrogens is 1. The van der Waals surface area contributed by atoms with Crippen LogP contribution in [0, 0.1) is 0 Å². The molecule has 1 amide bonds. The maximum atomic E-state index is 13.0. The molecule has 3 N–H and O–H groups in total. The van der Waals surface area contributed by atoms with Gasteiger partial charge in [-0.1, -0.05) is 29.4 Å². The van der Waals surface area contributed by atoms with Crippen LogP contribution in [-0.2, 0) is 6.18 Å². The lowest BCUT2D eigenvalue weighted by atomic mass is 10.2. The maximum absolute atomic E-state index is 13.0. The lowest BCUT2D eigenvalue weighted by Crippen LogP contribution is -2.19. The third-order valence-electron chi connectivity index (χ3n) is 4.07. The molecule has 5 nitrogen and oxygen atoms in total. The van der Waals surface area contributed by atoms with Crippen molar-refractivity contribution >= 4 is 58.0 Å². The Balaban J connectivity index is 1.66. The van der Waals surface area contributed by atoms with Crippen molar-refractivity contribution in [1.29, 1.82) is 0 Å². The summed E-state index contributed by atoms with van der Waals surface area (Å²) in [6.45, 7) is 0. The van der Waals surface area contributed by atoms with Gasteiger partial charge in [0.25, 0.3) is 5.91 Å². The van der Waals surface area contributed by atoms with Crippen molar-refractivity contribution in [2.45, 2.75) is 16.1 Å². The van der Waals surface area contributed by atoms with E-state index in [2.05, 4.69) is 20.9 Å². The molecule has 1 heterocycles. The molecule has 2 aromatic carbocycles. The van der Waals surface area contributed by atoms with Gasteiger partial charge in [0.05, 0.1) is 16.1 Å². The highest BCUT2D eigenvalue weighted by atomic mass is 35.5. The normalized spacial score (nSPS) is 11.0. The van der Waals surface area contributed by atoms with Gasteiger partial charge in [0.2, 0.25) is 0 Å². The molecular weight excluding hydrogens is 481 g/mol. The van der Waals surface area contributed by atoms with E-state index in [9.17, 15) is 18.0 Å². The molecule has 3 aromatic rings. The molecule has 0 saturated carbocycles. The highest BCUT2D eigenvalue weighted by Crippen LogP contribution is 2.36. The SMILES string of the molecule is CNC(=O)c1ccc(Sc2cccc(NC(=S)Nc3ccc(Cl)c(C(F)(F)F)c3)c2)nc1. The molecule has 0 spiro atoms. The molecule has 0 fully saturated rings. The van der Waals surface area contributed by atoms with Crippen LogP contribution in [0.4, 0.5) is 24.5 Å². The third-order valence-corrected chi connectivity index (χ3v) is 5.54. The molecule has 166 valence electrons. The number of pyridine rings is 1. The zero-order valence-corrected chi connectivity index (χ0v) is 18.8.